The second-order valence-corrected chi connectivity index (χ2v) is 5.44. The van der Waals surface area contributed by atoms with Gasteiger partial charge >= 0.3 is 6.61 Å². The lowest BCUT2D eigenvalue weighted by molar-refractivity contribution is -0.0499. The number of ether oxygens (including phenoxy) is 2. The molecule has 0 saturated heterocycles. The monoisotopic (exact) mass is 376 g/mol. The zero-order chi connectivity index (χ0) is 18.5. The van der Waals surface area contributed by atoms with Crippen LogP contribution in [0, 0.1) is 4.77 Å². The molecule has 2 aromatic carbocycles. The molecule has 3 aromatic rings. The van der Waals surface area contributed by atoms with Crippen LogP contribution in [0.1, 0.15) is 5.56 Å². The summed E-state index contributed by atoms with van der Waals surface area (Å²) in [6, 6.07) is 13.6. The van der Waals surface area contributed by atoms with E-state index in [1.165, 1.54) is 17.0 Å². The number of aromatic nitrogens is 3. The molecule has 0 amide bonds. The van der Waals surface area contributed by atoms with Crippen LogP contribution in [-0.4, -0.2) is 34.8 Å². The first-order valence-corrected chi connectivity index (χ1v) is 7.89. The number of benzene rings is 2. The van der Waals surface area contributed by atoms with Crippen LogP contribution in [0.15, 0.2) is 53.6 Å². The summed E-state index contributed by atoms with van der Waals surface area (Å²) in [5.41, 5.74) is 1.11. The highest BCUT2D eigenvalue weighted by atomic mass is 32.1. The van der Waals surface area contributed by atoms with Gasteiger partial charge in [0.05, 0.1) is 13.3 Å². The number of alkyl halides is 2. The van der Waals surface area contributed by atoms with Crippen molar-refractivity contribution in [1.82, 2.24) is 14.9 Å². The Morgan fingerprint density at radius 1 is 1.23 bits per heavy atom. The van der Waals surface area contributed by atoms with Crippen LogP contribution in [0.3, 0.4) is 0 Å². The van der Waals surface area contributed by atoms with Crippen LogP contribution < -0.4 is 9.47 Å². The SMILES string of the molecule is COc1cccc(-c2n[nH]c(=S)n2N=Cc2ccccc2OC(F)F)c1. The maximum Gasteiger partial charge on any atom is 0.387 e. The second kappa shape index (κ2) is 7.87. The molecule has 0 radical (unpaired) electrons. The molecule has 0 bridgehead atoms. The predicted octanol–water partition coefficient (Wildman–Crippen LogP) is 4.10. The number of hydrogen-bond acceptors (Lipinski definition) is 5. The van der Waals surface area contributed by atoms with Crippen LogP contribution in [0.25, 0.3) is 11.4 Å². The van der Waals surface area contributed by atoms with E-state index in [2.05, 4.69) is 20.0 Å². The van der Waals surface area contributed by atoms with Gasteiger partial charge in [-0.15, -0.1) is 0 Å². The van der Waals surface area contributed by atoms with Crippen molar-refractivity contribution >= 4 is 18.4 Å². The first-order valence-electron chi connectivity index (χ1n) is 7.48. The minimum atomic E-state index is -2.92. The molecule has 1 N–H and O–H groups in total. The van der Waals surface area contributed by atoms with Gasteiger partial charge in [-0.1, -0.05) is 24.3 Å². The van der Waals surface area contributed by atoms with E-state index in [0.29, 0.717) is 17.1 Å². The van der Waals surface area contributed by atoms with E-state index in [0.717, 1.165) is 5.56 Å². The Morgan fingerprint density at radius 3 is 2.81 bits per heavy atom. The summed E-state index contributed by atoms with van der Waals surface area (Å²) < 4.78 is 36.4. The summed E-state index contributed by atoms with van der Waals surface area (Å²) >= 11 is 5.20. The first kappa shape index (κ1) is 17.7. The largest absolute Gasteiger partial charge is 0.497 e. The predicted molar refractivity (Wildman–Crippen MR) is 95.5 cm³/mol. The number of H-pyrrole nitrogens is 1. The van der Waals surface area contributed by atoms with Crippen molar-refractivity contribution in [3.05, 3.63) is 58.9 Å². The lowest BCUT2D eigenvalue weighted by atomic mass is 10.2. The fourth-order valence-electron chi connectivity index (χ4n) is 2.26. The van der Waals surface area contributed by atoms with Crippen molar-refractivity contribution in [2.24, 2.45) is 5.10 Å². The molecule has 3 rings (SSSR count). The molecule has 6 nitrogen and oxygen atoms in total. The molecule has 26 heavy (non-hydrogen) atoms. The quantitative estimate of drug-likeness (QED) is 0.520. The van der Waals surface area contributed by atoms with Crippen molar-refractivity contribution in [2.45, 2.75) is 6.61 Å². The molecule has 1 aromatic heterocycles. The third-order valence-corrected chi connectivity index (χ3v) is 3.69. The Bertz CT molecular complexity index is 985. The number of rotatable bonds is 6. The molecule has 0 saturated carbocycles. The zero-order valence-electron chi connectivity index (χ0n) is 13.6. The normalized spacial score (nSPS) is 11.2. The lowest BCUT2D eigenvalue weighted by Crippen LogP contribution is -2.04. The van der Waals surface area contributed by atoms with Crippen molar-refractivity contribution in [3.63, 3.8) is 0 Å². The average Bonchev–Trinajstić information content (AvgIpc) is 3.01. The van der Waals surface area contributed by atoms with E-state index >= 15 is 0 Å². The minimum absolute atomic E-state index is 0.0178. The highest BCUT2D eigenvalue weighted by Gasteiger charge is 2.10. The highest BCUT2D eigenvalue weighted by Crippen LogP contribution is 2.23. The van der Waals surface area contributed by atoms with Gasteiger partial charge in [0.1, 0.15) is 11.5 Å². The topological polar surface area (TPSA) is 64.4 Å². The molecular formula is C17H14F2N4O2S. The van der Waals surface area contributed by atoms with Gasteiger partial charge in [-0.3, -0.25) is 0 Å². The molecule has 0 fully saturated rings. The number of nitrogens with one attached hydrogen (secondary N) is 1. The van der Waals surface area contributed by atoms with Gasteiger partial charge in [0.25, 0.3) is 0 Å². The molecule has 0 aliphatic heterocycles. The summed E-state index contributed by atoms with van der Waals surface area (Å²) in [6.07, 6.45) is 1.38. The number of para-hydroxylation sites is 1. The van der Waals surface area contributed by atoms with E-state index in [1.54, 1.807) is 37.4 Å². The Balaban J connectivity index is 1.98. The van der Waals surface area contributed by atoms with Crippen LogP contribution in [-0.2, 0) is 0 Å². The fraction of sp³-hybridized carbons (Fsp3) is 0.118. The van der Waals surface area contributed by atoms with Crippen LogP contribution in [0.2, 0.25) is 0 Å². The van der Waals surface area contributed by atoms with E-state index in [4.69, 9.17) is 17.0 Å². The number of methoxy groups -OCH3 is 1. The summed E-state index contributed by atoms with van der Waals surface area (Å²) in [7, 11) is 1.56. The maximum absolute atomic E-state index is 12.5. The molecule has 134 valence electrons. The number of aromatic amines is 1. The maximum atomic E-state index is 12.5. The smallest absolute Gasteiger partial charge is 0.387 e. The summed E-state index contributed by atoms with van der Waals surface area (Å²) in [5.74, 6) is 1.13. The van der Waals surface area contributed by atoms with Gasteiger partial charge in [0, 0.05) is 11.1 Å². The van der Waals surface area contributed by atoms with Gasteiger partial charge in [0.2, 0.25) is 4.77 Å². The molecule has 0 aliphatic carbocycles. The second-order valence-electron chi connectivity index (χ2n) is 5.06. The molecule has 0 atom stereocenters. The molecule has 0 spiro atoms. The molecule has 1 heterocycles. The molecule has 0 aliphatic rings. The molecule has 9 heteroatoms. The lowest BCUT2D eigenvalue weighted by Gasteiger charge is -2.07. The number of hydrogen-bond donors (Lipinski definition) is 1. The Kier molecular flexibility index (Phi) is 5.37. The zero-order valence-corrected chi connectivity index (χ0v) is 14.4. The Hall–Kier alpha value is -3.07. The highest BCUT2D eigenvalue weighted by molar-refractivity contribution is 7.71. The molecule has 0 unspecified atom stereocenters. The summed E-state index contributed by atoms with van der Waals surface area (Å²) in [5, 5.41) is 11.1. The Labute approximate surface area is 152 Å². The van der Waals surface area contributed by atoms with Crippen LogP contribution >= 0.6 is 12.2 Å². The van der Waals surface area contributed by atoms with E-state index < -0.39 is 6.61 Å². The van der Waals surface area contributed by atoms with Crippen molar-refractivity contribution in [1.29, 1.82) is 0 Å². The minimum Gasteiger partial charge on any atom is -0.497 e. The van der Waals surface area contributed by atoms with Crippen molar-refractivity contribution in [2.75, 3.05) is 7.11 Å². The standard InChI is InChI=1S/C17H14F2N4O2S/c1-24-13-7-4-6-11(9-13)15-21-22-17(26)23(15)20-10-12-5-2-3-8-14(12)25-16(18)19/h2-10,16H,1H3,(H,22,26). The Morgan fingerprint density at radius 2 is 2.04 bits per heavy atom. The number of nitrogens with zero attached hydrogens (tertiary/aromatic N) is 3. The van der Waals surface area contributed by atoms with Crippen LogP contribution in [0.5, 0.6) is 11.5 Å². The van der Waals surface area contributed by atoms with Gasteiger partial charge in [-0.25, -0.2) is 5.10 Å². The van der Waals surface area contributed by atoms with E-state index in [1.807, 2.05) is 12.1 Å². The summed E-state index contributed by atoms with van der Waals surface area (Å²) in [4.78, 5) is 0. The molecular weight excluding hydrogens is 362 g/mol. The van der Waals surface area contributed by atoms with Crippen molar-refractivity contribution < 1.29 is 18.3 Å². The number of halogens is 2. The van der Waals surface area contributed by atoms with E-state index in [-0.39, 0.29) is 10.5 Å². The van der Waals surface area contributed by atoms with Gasteiger partial charge in [-0.2, -0.15) is 23.7 Å². The third kappa shape index (κ3) is 3.94. The van der Waals surface area contributed by atoms with E-state index in [9.17, 15) is 8.78 Å². The van der Waals surface area contributed by atoms with Crippen LogP contribution in [0.4, 0.5) is 8.78 Å². The third-order valence-electron chi connectivity index (χ3n) is 3.43. The van der Waals surface area contributed by atoms with Gasteiger partial charge in [0.15, 0.2) is 5.82 Å². The van der Waals surface area contributed by atoms with Gasteiger partial charge < -0.3 is 9.47 Å². The first-order chi connectivity index (χ1) is 12.6. The average molecular weight is 376 g/mol. The van der Waals surface area contributed by atoms with Crippen molar-refractivity contribution in [3.8, 4) is 22.9 Å². The fourth-order valence-corrected chi connectivity index (χ4v) is 2.44. The van der Waals surface area contributed by atoms with Gasteiger partial charge in [-0.05, 0) is 36.5 Å². The summed E-state index contributed by atoms with van der Waals surface area (Å²) in [6.45, 7) is -2.92.